The average Bonchev–Trinajstić information content (AvgIpc) is 2.39. The van der Waals surface area contributed by atoms with Crippen molar-refractivity contribution >= 4 is 17.6 Å². The summed E-state index contributed by atoms with van der Waals surface area (Å²) >= 11 is 0. The highest BCUT2D eigenvalue weighted by Gasteiger charge is 2.12. The maximum absolute atomic E-state index is 13.4. The van der Waals surface area contributed by atoms with E-state index < -0.39 is 29.2 Å². The third-order valence-electron chi connectivity index (χ3n) is 2.45. The van der Waals surface area contributed by atoms with Crippen LogP contribution in [0.25, 0.3) is 0 Å². The molecule has 0 fully saturated rings. The van der Waals surface area contributed by atoms with Gasteiger partial charge in [-0.1, -0.05) is 0 Å². The van der Waals surface area contributed by atoms with Crippen LogP contribution in [-0.4, -0.2) is 22.0 Å². The van der Waals surface area contributed by atoms with Gasteiger partial charge in [0.15, 0.2) is 0 Å². The number of carboxylic acids is 1. The molecule has 7 heteroatoms. The van der Waals surface area contributed by atoms with Gasteiger partial charge in [-0.3, -0.25) is 4.79 Å². The molecule has 2 aromatic rings. The van der Waals surface area contributed by atoms with Crippen LogP contribution in [0, 0.1) is 11.8 Å². The van der Waals surface area contributed by atoms with E-state index in [-0.39, 0.29) is 11.3 Å². The van der Waals surface area contributed by atoms with Crippen molar-refractivity contribution in [3.05, 3.63) is 59.4 Å². The predicted octanol–water partition coefficient (Wildman–Crippen LogP) is 2.31. The number of rotatable bonds is 3. The zero-order valence-corrected chi connectivity index (χ0v) is 9.93. The molecule has 0 aliphatic carbocycles. The number of pyridine rings is 1. The van der Waals surface area contributed by atoms with Gasteiger partial charge in [-0.25, -0.2) is 14.2 Å². The van der Waals surface area contributed by atoms with Crippen LogP contribution >= 0.6 is 0 Å². The number of carboxylic acid groups (broad SMARTS) is 1. The van der Waals surface area contributed by atoms with Gasteiger partial charge in [-0.05, 0) is 30.3 Å². The van der Waals surface area contributed by atoms with E-state index in [1.165, 1.54) is 12.1 Å². The van der Waals surface area contributed by atoms with Gasteiger partial charge >= 0.3 is 5.97 Å². The summed E-state index contributed by atoms with van der Waals surface area (Å²) in [6.07, 6.45) is 1.03. The number of aromatic nitrogens is 1. The average molecular weight is 278 g/mol. The molecule has 0 atom stereocenters. The molecule has 20 heavy (non-hydrogen) atoms. The third kappa shape index (κ3) is 2.94. The number of aromatic carboxylic acids is 1. The molecular formula is C13H8F2N2O3. The van der Waals surface area contributed by atoms with Crippen LogP contribution in [0.4, 0.5) is 14.5 Å². The second-order valence-corrected chi connectivity index (χ2v) is 3.82. The van der Waals surface area contributed by atoms with E-state index in [1.807, 2.05) is 0 Å². The van der Waals surface area contributed by atoms with Crippen molar-refractivity contribution in [2.24, 2.45) is 0 Å². The number of benzene rings is 1. The van der Waals surface area contributed by atoms with Crippen LogP contribution in [0.3, 0.4) is 0 Å². The number of anilines is 1. The molecule has 102 valence electrons. The normalized spacial score (nSPS) is 10.1. The lowest BCUT2D eigenvalue weighted by molar-refractivity contribution is 0.0692. The Hall–Kier alpha value is -2.83. The van der Waals surface area contributed by atoms with Crippen LogP contribution in [0.5, 0.6) is 0 Å². The molecule has 2 N–H and O–H groups in total. The minimum absolute atomic E-state index is 0.0850. The first-order valence-corrected chi connectivity index (χ1v) is 5.43. The molecule has 0 spiro atoms. The van der Waals surface area contributed by atoms with Gasteiger partial charge in [0.05, 0.1) is 11.1 Å². The fourth-order valence-electron chi connectivity index (χ4n) is 1.48. The Morgan fingerprint density at radius 3 is 2.45 bits per heavy atom. The van der Waals surface area contributed by atoms with Crippen LogP contribution in [0.1, 0.15) is 20.7 Å². The Labute approximate surface area is 111 Å². The van der Waals surface area contributed by atoms with Gasteiger partial charge in [0, 0.05) is 11.9 Å². The van der Waals surface area contributed by atoms with Gasteiger partial charge in [-0.15, -0.1) is 0 Å². The minimum Gasteiger partial charge on any atom is -0.478 e. The lowest BCUT2D eigenvalue weighted by Crippen LogP contribution is -2.13. The second-order valence-electron chi connectivity index (χ2n) is 3.82. The maximum atomic E-state index is 13.4. The summed E-state index contributed by atoms with van der Waals surface area (Å²) in [5.41, 5.74) is -0.317. The Kier molecular flexibility index (Phi) is 3.69. The molecule has 0 saturated carbocycles. The summed E-state index contributed by atoms with van der Waals surface area (Å²) in [7, 11) is 0. The molecular weight excluding hydrogens is 270 g/mol. The van der Waals surface area contributed by atoms with E-state index in [1.54, 1.807) is 0 Å². The molecule has 1 aromatic heterocycles. The molecule has 0 saturated heterocycles. The topological polar surface area (TPSA) is 79.3 Å². The highest BCUT2D eigenvalue weighted by atomic mass is 19.1. The standard InChI is InChI=1S/C13H8F2N2O3/c14-10-5-8(2-3-9(10)13(19)20)17-12(18)7-1-4-11(15)16-6-7/h1-6H,(H,17,18)(H,19,20). The summed E-state index contributed by atoms with van der Waals surface area (Å²) in [6.45, 7) is 0. The smallest absolute Gasteiger partial charge is 0.338 e. The van der Waals surface area contributed by atoms with Crippen molar-refractivity contribution in [1.29, 1.82) is 0 Å². The highest BCUT2D eigenvalue weighted by Crippen LogP contribution is 2.15. The number of halogens is 2. The van der Waals surface area contributed by atoms with Crippen LogP contribution in [0.15, 0.2) is 36.5 Å². The Morgan fingerprint density at radius 2 is 1.90 bits per heavy atom. The zero-order valence-electron chi connectivity index (χ0n) is 9.93. The van der Waals surface area contributed by atoms with Crippen molar-refractivity contribution in [3.63, 3.8) is 0 Å². The predicted molar refractivity (Wildman–Crippen MR) is 65.5 cm³/mol. The van der Waals surface area contributed by atoms with E-state index in [0.717, 1.165) is 24.4 Å². The van der Waals surface area contributed by atoms with E-state index in [9.17, 15) is 18.4 Å². The lowest BCUT2D eigenvalue weighted by atomic mass is 10.2. The molecule has 0 bridgehead atoms. The zero-order chi connectivity index (χ0) is 14.7. The van der Waals surface area contributed by atoms with Crippen molar-refractivity contribution in [1.82, 2.24) is 4.98 Å². The second kappa shape index (κ2) is 5.43. The molecule has 2 rings (SSSR count). The first kappa shape index (κ1) is 13.6. The highest BCUT2D eigenvalue weighted by molar-refractivity contribution is 6.04. The Bertz CT molecular complexity index is 672. The molecule has 0 aliphatic heterocycles. The van der Waals surface area contributed by atoms with Crippen LogP contribution in [-0.2, 0) is 0 Å². The van der Waals surface area contributed by atoms with E-state index >= 15 is 0 Å². The fourth-order valence-corrected chi connectivity index (χ4v) is 1.48. The molecule has 0 unspecified atom stereocenters. The summed E-state index contributed by atoms with van der Waals surface area (Å²) in [6, 6.07) is 5.42. The van der Waals surface area contributed by atoms with Gasteiger partial charge in [0.1, 0.15) is 5.82 Å². The first-order valence-electron chi connectivity index (χ1n) is 5.43. The molecule has 1 heterocycles. The molecule has 0 aliphatic rings. The van der Waals surface area contributed by atoms with Gasteiger partial charge in [0.2, 0.25) is 5.95 Å². The van der Waals surface area contributed by atoms with Crippen molar-refractivity contribution in [2.45, 2.75) is 0 Å². The van der Waals surface area contributed by atoms with Gasteiger partial charge in [0.25, 0.3) is 5.91 Å². The summed E-state index contributed by atoms with van der Waals surface area (Å²) in [5, 5.41) is 11.0. The number of hydrogen-bond donors (Lipinski definition) is 2. The summed E-state index contributed by atoms with van der Waals surface area (Å²) in [4.78, 5) is 25.7. The maximum Gasteiger partial charge on any atom is 0.338 e. The van der Waals surface area contributed by atoms with E-state index in [2.05, 4.69) is 10.3 Å². The SMILES string of the molecule is O=C(Nc1ccc(C(=O)O)c(F)c1)c1ccc(F)nc1. The summed E-state index contributed by atoms with van der Waals surface area (Å²) in [5.74, 6) is -3.70. The molecule has 0 radical (unpaired) electrons. The van der Waals surface area contributed by atoms with E-state index in [4.69, 9.17) is 5.11 Å². The minimum atomic E-state index is -1.40. The van der Waals surface area contributed by atoms with Crippen LogP contribution < -0.4 is 5.32 Å². The largest absolute Gasteiger partial charge is 0.478 e. The van der Waals surface area contributed by atoms with Crippen molar-refractivity contribution < 1.29 is 23.5 Å². The van der Waals surface area contributed by atoms with Gasteiger partial charge in [-0.2, -0.15) is 4.39 Å². The fraction of sp³-hybridized carbons (Fsp3) is 0. The van der Waals surface area contributed by atoms with E-state index in [0.29, 0.717) is 0 Å². The van der Waals surface area contributed by atoms with Gasteiger partial charge < -0.3 is 10.4 Å². The Morgan fingerprint density at radius 1 is 1.15 bits per heavy atom. The lowest BCUT2D eigenvalue weighted by Gasteiger charge is -2.06. The Balaban J connectivity index is 2.18. The molecule has 5 nitrogen and oxygen atoms in total. The molecule has 1 amide bonds. The number of hydrogen-bond acceptors (Lipinski definition) is 3. The number of carbonyl (C=O) groups is 2. The number of nitrogens with one attached hydrogen (secondary N) is 1. The number of amides is 1. The van der Waals surface area contributed by atoms with Crippen LogP contribution in [0.2, 0.25) is 0 Å². The first-order chi connectivity index (χ1) is 9.47. The quantitative estimate of drug-likeness (QED) is 0.844. The van der Waals surface area contributed by atoms with Crippen molar-refractivity contribution in [3.8, 4) is 0 Å². The number of carbonyl (C=O) groups excluding carboxylic acids is 1. The molecule has 1 aromatic carbocycles. The third-order valence-corrected chi connectivity index (χ3v) is 2.45. The number of nitrogens with zero attached hydrogens (tertiary/aromatic N) is 1. The van der Waals surface area contributed by atoms with Crippen molar-refractivity contribution in [2.75, 3.05) is 5.32 Å². The monoisotopic (exact) mass is 278 g/mol. The summed E-state index contributed by atoms with van der Waals surface area (Å²) < 4.78 is 26.0.